The Hall–Kier alpha value is -2.77. The predicted molar refractivity (Wildman–Crippen MR) is 66.9 cm³/mol. The topological polar surface area (TPSA) is 114 Å². The molecule has 0 aliphatic rings. The third-order valence-electron chi connectivity index (χ3n) is 2.57. The van der Waals surface area contributed by atoms with Gasteiger partial charge in [0.2, 0.25) is 0 Å². The molecule has 2 N–H and O–H groups in total. The summed E-state index contributed by atoms with van der Waals surface area (Å²) in [5.74, 6) is 0.564. The van der Waals surface area contributed by atoms with Gasteiger partial charge in [0.05, 0.1) is 11.0 Å². The number of nitrogens with zero attached hydrogens (tertiary/aromatic N) is 3. The molecule has 0 amide bonds. The molecular formula is C11H11N5O3. The third kappa shape index (κ3) is 2.73. The van der Waals surface area contributed by atoms with E-state index in [0.717, 1.165) is 0 Å². The highest BCUT2D eigenvalue weighted by molar-refractivity contribution is 5.79. The normalized spacial score (nSPS) is 11.8. The summed E-state index contributed by atoms with van der Waals surface area (Å²) in [4.78, 5) is 25.0. The van der Waals surface area contributed by atoms with Crippen LogP contribution in [0.1, 0.15) is 29.1 Å². The average molecular weight is 261 g/mol. The summed E-state index contributed by atoms with van der Waals surface area (Å²) in [6, 6.07) is 3.95. The van der Waals surface area contributed by atoms with E-state index in [2.05, 4.69) is 20.5 Å². The number of benzene rings is 1. The lowest BCUT2D eigenvalue weighted by atomic mass is 10.1. The summed E-state index contributed by atoms with van der Waals surface area (Å²) in [6.07, 6.45) is 1.92. The molecule has 0 aliphatic carbocycles. The quantitative estimate of drug-likeness (QED) is 0.481. The Kier molecular flexibility index (Phi) is 3.51. The average Bonchev–Trinajstić information content (AvgIpc) is 2.92. The van der Waals surface area contributed by atoms with E-state index in [1.165, 1.54) is 24.5 Å². The Morgan fingerprint density at radius 3 is 2.89 bits per heavy atom. The molecule has 1 heterocycles. The molecule has 8 nitrogen and oxygen atoms in total. The fourth-order valence-electron chi connectivity index (χ4n) is 1.62. The minimum absolute atomic E-state index is 0.157. The number of H-pyrrole nitrogens is 1. The molecule has 0 saturated heterocycles. The van der Waals surface area contributed by atoms with Crippen LogP contribution >= 0.6 is 0 Å². The zero-order valence-corrected chi connectivity index (χ0v) is 10.0. The number of hydrogen-bond acceptors (Lipinski definition) is 6. The van der Waals surface area contributed by atoms with Gasteiger partial charge in [0, 0.05) is 11.6 Å². The van der Waals surface area contributed by atoms with E-state index in [1.54, 1.807) is 6.92 Å². The van der Waals surface area contributed by atoms with Gasteiger partial charge < -0.3 is 5.32 Å². The number of nitro groups is 1. The lowest BCUT2D eigenvalue weighted by molar-refractivity contribution is -0.384. The van der Waals surface area contributed by atoms with E-state index in [4.69, 9.17) is 0 Å². The monoisotopic (exact) mass is 261 g/mol. The van der Waals surface area contributed by atoms with Gasteiger partial charge in [-0.25, -0.2) is 4.98 Å². The molecule has 1 aromatic carbocycles. The first-order valence-electron chi connectivity index (χ1n) is 5.47. The van der Waals surface area contributed by atoms with Crippen molar-refractivity contribution in [2.24, 2.45) is 0 Å². The van der Waals surface area contributed by atoms with Gasteiger partial charge in [-0.3, -0.25) is 20.0 Å². The van der Waals surface area contributed by atoms with Crippen LogP contribution in [0.25, 0.3) is 0 Å². The van der Waals surface area contributed by atoms with Crippen molar-refractivity contribution in [3.05, 3.63) is 46.0 Å². The summed E-state index contributed by atoms with van der Waals surface area (Å²) in [6.45, 7) is 1.79. The molecule has 0 radical (unpaired) electrons. The Balaban J connectivity index is 2.29. The Morgan fingerprint density at radius 1 is 1.53 bits per heavy atom. The maximum atomic E-state index is 11.0. The number of aromatic amines is 1. The molecule has 0 spiro atoms. The Labute approximate surface area is 108 Å². The number of nitrogens with one attached hydrogen (secondary N) is 2. The van der Waals surface area contributed by atoms with Crippen LogP contribution in [0.4, 0.5) is 11.4 Å². The highest BCUT2D eigenvalue weighted by atomic mass is 16.6. The van der Waals surface area contributed by atoms with E-state index in [9.17, 15) is 14.9 Å². The van der Waals surface area contributed by atoms with E-state index >= 15 is 0 Å². The van der Waals surface area contributed by atoms with Crippen LogP contribution in [0.3, 0.4) is 0 Å². The molecule has 2 aromatic rings. The van der Waals surface area contributed by atoms with Gasteiger partial charge in [0.25, 0.3) is 5.69 Å². The molecule has 98 valence electrons. The number of aldehydes is 1. The molecular weight excluding hydrogens is 250 g/mol. The van der Waals surface area contributed by atoms with Crippen molar-refractivity contribution < 1.29 is 9.72 Å². The first kappa shape index (κ1) is 12.7. The summed E-state index contributed by atoms with van der Waals surface area (Å²) in [7, 11) is 0. The van der Waals surface area contributed by atoms with Gasteiger partial charge in [0.15, 0.2) is 0 Å². The highest BCUT2D eigenvalue weighted by Crippen LogP contribution is 2.27. The van der Waals surface area contributed by atoms with Crippen LogP contribution in [0.5, 0.6) is 0 Å². The summed E-state index contributed by atoms with van der Waals surface area (Å²) in [5.41, 5.74) is 0.417. The zero-order valence-electron chi connectivity index (χ0n) is 10.0. The second-order valence-electron chi connectivity index (χ2n) is 3.89. The lowest BCUT2D eigenvalue weighted by Gasteiger charge is -2.12. The van der Waals surface area contributed by atoms with Gasteiger partial charge >= 0.3 is 0 Å². The minimum Gasteiger partial charge on any atom is -0.370 e. The van der Waals surface area contributed by atoms with Crippen molar-refractivity contribution in [1.29, 1.82) is 0 Å². The minimum atomic E-state index is -0.539. The van der Waals surface area contributed by atoms with Crippen molar-refractivity contribution in [3.63, 3.8) is 0 Å². The largest absolute Gasteiger partial charge is 0.370 e. The molecule has 0 aliphatic heterocycles. The maximum absolute atomic E-state index is 11.0. The lowest BCUT2D eigenvalue weighted by Crippen LogP contribution is -2.10. The van der Waals surface area contributed by atoms with Crippen molar-refractivity contribution in [2.75, 3.05) is 5.32 Å². The fourth-order valence-corrected chi connectivity index (χ4v) is 1.62. The van der Waals surface area contributed by atoms with Gasteiger partial charge in [-0.15, -0.1) is 0 Å². The number of aromatic nitrogens is 3. The fraction of sp³-hybridized carbons (Fsp3) is 0.182. The zero-order chi connectivity index (χ0) is 13.8. The SMILES string of the molecule is CC(Nc1ccc(C=O)cc1[N+](=O)[O-])c1ncn[nH]1. The first-order chi connectivity index (χ1) is 9.11. The Bertz CT molecular complexity index is 596. The number of carbonyl (C=O) groups excluding carboxylic acids is 1. The number of hydrogen-bond donors (Lipinski definition) is 2. The van der Waals surface area contributed by atoms with Crippen molar-refractivity contribution in [2.45, 2.75) is 13.0 Å². The van der Waals surface area contributed by atoms with Crippen LogP contribution in [0, 0.1) is 10.1 Å². The standard InChI is InChI=1S/C11H11N5O3/c1-7(11-12-6-13-15-11)14-9-3-2-8(5-17)4-10(9)16(18)19/h2-7,14H,1H3,(H,12,13,15). The van der Waals surface area contributed by atoms with Gasteiger partial charge in [-0.2, -0.15) is 5.10 Å². The Morgan fingerprint density at radius 2 is 2.32 bits per heavy atom. The van der Waals surface area contributed by atoms with Crippen molar-refractivity contribution in [3.8, 4) is 0 Å². The molecule has 1 aromatic heterocycles. The number of nitro benzene ring substituents is 1. The molecule has 8 heteroatoms. The molecule has 2 rings (SSSR count). The van der Waals surface area contributed by atoms with Gasteiger partial charge in [0.1, 0.15) is 24.1 Å². The van der Waals surface area contributed by atoms with Gasteiger partial charge in [-0.05, 0) is 19.1 Å². The van der Waals surface area contributed by atoms with Gasteiger partial charge in [-0.1, -0.05) is 0 Å². The summed E-state index contributed by atoms with van der Waals surface area (Å²) >= 11 is 0. The van der Waals surface area contributed by atoms with Crippen molar-refractivity contribution in [1.82, 2.24) is 15.2 Å². The number of anilines is 1. The molecule has 1 atom stereocenters. The number of rotatable bonds is 5. The van der Waals surface area contributed by atoms with E-state index in [0.29, 0.717) is 17.8 Å². The number of carbonyl (C=O) groups is 1. The van der Waals surface area contributed by atoms with Crippen LogP contribution in [0.2, 0.25) is 0 Å². The van der Waals surface area contributed by atoms with Crippen LogP contribution < -0.4 is 5.32 Å². The molecule has 0 fully saturated rings. The van der Waals surface area contributed by atoms with Crippen LogP contribution in [-0.2, 0) is 0 Å². The second kappa shape index (κ2) is 5.25. The van der Waals surface area contributed by atoms with E-state index in [-0.39, 0.29) is 17.3 Å². The summed E-state index contributed by atoms with van der Waals surface area (Å²) in [5, 5.41) is 20.3. The van der Waals surface area contributed by atoms with Crippen LogP contribution in [-0.4, -0.2) is 26.4 Å². The molecule has 19 heavy (non-hydrogen) atoms. The maximum Gasteiger partial charge on any atom is 0.293 e. The molecule has 1 unspecified atom stereocenters. The summed E-state index contributed by atoms with van der Waals surface area (Å²) < 4.78 is 0. The smallest absolute Gasteiger partial charge is 0.293 e. The molecule has 0 saturated carbocycles. The van der Waals surface area contributed by atoms with E-state index in [1.807, 2.05) is 0 Å². The first-order valence-corrected chi connectivity index (χ1v) is 5.47. The molecule has 0 bridgehead atoms. The predicted octanol–water partition coefficient (Wildman–Crippen LogP) is 1.70. The highest BCUT2D eigenvalue weighted by Gasteiger charge is 2.17. The van der Waals surface area contributed by atoms with Crippen molar-refractivity contribution >= 4 is 17.7 Å². The van der Waals surface area contributed by atoms with Crippen LogP contribution in [0.15, 0.2) is 24.5 Å². The second-order valence-corrected chi connectivity index (χ2v) is 3.89. The third-order valence-corrected chi connectivity index (χ3v) is 2.57. The van der Waals surface area contributed by atoms with E-state index < -0.39 is 4.92 Å².